The second kappa shape index (κ2) is 17.4. The van der Waals surface area contributed by atoms with Crippen LogP contribution in [0, 0.1) is 13.8 Å². The van der Waals surface area contributed by atoms with Gasteiger partial charge in [-0.3, -0.25) is 0 Å². The summed E-state index contributed by atoms with van der Waals surface area (Å²) in [4.78, 5) is 4.82. The highest BCUT2D eigenvalue weighted by Crippen LogP contribution is 2.41. The average Bonchev–Trinajstić information content (AvgIpc) is 3.16. The zero-order valence-electron chi connectivity index (χ0n) is 32.3. The van der Waals surface area contributed by atoms with Crippen LogP contribution in [0.2, 0.25) is 0 Å². The van der Waals surface area contributed by atoms with Gasteiger partial charge in [-0.15, -0.1) is 0 Å². The maximum Gasteiger partial charge on any atom is 0.0491 e. The Morgan fingerprint density at radius 2 is 0.577 bits per heavy atom. The molecule has 52 heavy (non-hydrogen) atoms. The van der Waals surface area contributed by atoms with E-state index in [0.717, 1.165) is 51.4 Å². The Hall–Kier alpha value is -5.08. The van der Waals surface area contributed by atoms with Gasteiger partial charge in [0.2, 0.25) is 0 Å². The van der Waals surface area contributed by atoms with E-state index in [4.69, 9.17) is 0 Å². The Labute approximate surface area is 313 Å². The molecule has 0 heterocycles. The first-order chi connectivity index (χ1) is 25.4. The Bertz CT molecular complexity index is 1770. The van der Waals surface area contributed by atoms with E-state index in [9.17, 15) is 0 Å². The minimum absolute atomic E-state index is 1.10. The van der Waals surface area contributed by atoms with Crippen molar-refractivity contribution in [1.29, 1.82) is 0 Å². The summed E-state index contributed by atoms with van der Waals surface area (Å²) in [5.74, 6) is 0. The van der Waals surface area contributed by atoms with Crippen molar-refractivity contribution in [1.82, 2.24) is 0 Å². The number of hydrogen-bond acceptors (Lipinski definition) is 2. The van der Waals surface area contributed by atoms with Crippen LogP contribution in [-0.2, 0) is 25.7 Å². The number of aryl methyl sites for hydroxylation is 6. The van der Waals surface area contributed by atoms with E-state index in [1.807, 2.05) is 0 Å². The van der Waals surface area contributed by atoms with E-state index in [-0.39, 0.29) is 0 Å². The quantitative estimate of drug-likeness (QED) is 0.106. The highest BCUT2D eigenvalue weighted by Gasteiger charge is 2.18. The van der Waals surface area contributed by atoms with Crippen molar-refractivity contribution in [2.45, 2.75) is 92.9 Å². The molecule has 266 valence electrons. The molecular weight excluding hydrogens is 629 g/mol. The van der Waals surface area contributed by atoms with Crippen LogP contribution in [0.1, 0.15) is 86.8 Å². The molecule has 0 amide bonds. The zero-order chi connectivity index (χ0) is 36.5. The van der Waals surface area contributed by atoms with Gasteiger partial charge in [0.25, 0.3) is 0 Å². The number of anilines is 6. The van der Waals surface area contributed by atoms with Crippen molar-refractivity contribution in [3.8, 4) is 11.1 Å². The van der Waals surface area contributed by atoms with Gasteiger partial charge in [0, 0.05) is 34.1 Å². The monoisotopic (exact) mass is 684 g/mol. The van der Waals surface area contributed by atoms with Crippen molar-refractivity contribution >= 4 is 34.1 Å². The fourth-order valence-electron chi connectivity index (χ4n) is 7.43. The van der Waals surface area contributed by atoms with Crippen LogP contribution in [0.25, 0.3) is 11.1 Å². The summed E-state index contributed by atoms with van der Waals surface area (Å²) in [5, 5.41) is 0. The second-order valence-corrected chi connectivity index (χ2v) is 14.3. The second-order valence-electron chi connectivity index (χ2n) is 14.3. The third kappa shape index (κ3) is 8.51. The lowest BCUT2D eigenvalue weighted by Gasteiger charge is -2.28. The maximum absolute atomic E-state index is 2.41. The predicted octanol–water partition coefficient (Wildman–Crippen LogP) is 14.7. The van der Waals surface area contributed by atoms with Crippen molar-refractivity contribution in [3.05, 3.63) is 167 Å². The molecule has 0 aliphatic heterocycles. The summed E-state index contributed by atoms with van der Waals surface area (Å²) in [6.07, 6.45) is 9.02. The zero-order valence-corrected chi connectivity index (χ0v) is 32.3. The molecule has 6 aromatic carbocycles. The molecule has 0 bridgehead atoms. The Kier molecular flexibility index (Phi) is 12.3. The van der Waals surface area contributed by atoms with Crippen LogP contribution in [0.3, 0.4) is 0 Å². The summed E-state index contributed by atoms with van der Waals surface area (Å²) in [7, 11) is 0. The van der Waals surface area contributed by atoms with Gasteiger partial charge in [-0.1, -0.05) is 114 Å². The van der Waals surface area contributed by atoms with E-state index in [1.165, 1.54) is 78.6 Å². The Morgan fingerprint density at radius 3 is 0.788 bits per heavy atom. The van der Waals surface area contributed by atoms with Gasteiger partial charge < -0.3 is 9.80 Å². The van der Waals surface area contributed by atoms with Crippen molar-refractivity contribution in [2.75, 3.05) is 9.80 Å². The SMILES string of the molecule is CCCc1ccc(N(c2ccc(CCC)cc2)c2ccc(-c3ccc(N(c4ccc(CCC)cc4)c4ccc(CCC)cc4)c(C)c3)cc2C)cc1. The molecule has 0 N–H and O–H groups in total. The smallest absolute Gasteiger partial charge is 0.0491 e. The van der Waals surface area contributed by atoms with E-state index < -0.39 is 0 Å². The molecule has 0 saturated heterocycles. The third-order valence-electron chi connectivity index (χ3n) is 10.1. The van der Waals surface area contributed by atoms with Crippen molar-refractivity contribution in [2.24, 2.45) is 0 Å². The van der Waals surface area contributed by atoms with Crippen LogP contribution in [0.4, 0.5) is 34.1 Å². The molecular formula is C50H56N2. The minimum atomic E-state index is 1.10. The minimum Gasteiger partial charge on any atom is -0.310 e. The van der Waals surface area contributed by atoms with E-state index in [1.54, 1.807) is 0 Å². The molecule has 0 aromatic heterocycles. The fraction of sp³-hybridized carbons (Fsp3) is 0.280. The number of hydrogen-bond donors (Lipinski definition) is 0. The van der Waals surface area contributed by atoms with Crippen molar-refractivity contribution < 1.29 is 0 Å². The molecule has 0 aliphatic carbocycles. The molecule has 0 spiro atoms. The van der Waals surface area contributed by atoms with Crippen LogP contribution >= 0.6 is 0 Å². The first-order valence-electron chi connectivity index (χ1n) is 19.6. The topological polar surface area (TPSA) is 6.48 Å². The average molecular weight is 685 g/mol. The van der Waals surface area contributed by atoms with Crippen LogP contribution < -0.4 is 9.80 Å². The number of benzene rings is 6. The van der Waals surface area contributed by atoms with E-state index in [0.29, 0.717) is 0 Å². The standard InChI is InChI=1S/C50H56N2/c1-7-11-39-15-25-45(26-16-39)51(46-27-17-40(12-8-2)18-28-46)49-33-23-43(35-37(49)5)44-24-34-50(38(6)36-44)52(47-29-19-41(13-9-3)20-30-47)48-31-21-42(14-10-4)22-32-48/h15-36H,7-14H2,1-6H3. The van der Waals surface area contributed by atoms with E-state index >= 15 is 0 Å². The predicted molar refractivity (Wildman–Crippen MR) is 227 cm³/mol. The highest BCUT2D eigenvalue weighted by atomic mass is 15.1. The molecule has 2 heteroatoms. The lowest BCUT2D eigenvalue weighted by Crippen LogP contribution is -2.12. The molecule has 0 aliphatic rings. The third-order valence-corrected chi connectivity index (χ3v) is 10.1. The summed E-state index contributed by atoms with van der Waals surface area (Å²) < 4.78 is 0. The molecule has 6 aromatic rings. The Balaban J connectivity index is 1.35. The van der Waals surface area contributed by atoms with Gasteiger partial charge in [0.1, 0.15) is 0 Å². The molecule has 0 fully saturated rings. The lowest BCUT2D eigenvalue weighted by atomic mass is 9.98. The van der Waals surface area contributed by atoms with Crippen LogP contribution in [-0.4, -0.2) is 0 Å². The van der Waals surface area contributed by atoms with Gasteiger partial charge >= 0.3 is 0 Å². The summed E-state index contributed by atoms with van der Waals surface area (Å²) in [6, 6.07) is 50.4. The first-order valence-corrected chi connectivity index (χ1v) is 19.6. The highest BCUT2D eigenvalue weighted by molar-refractivity contribution is 5.83. The van der Waals surface area contributed by atoms with Gasteiger partial charge in [0.15, 0.2) is 0 Å². The number of nitrogens with zero attached hydrogens (tertiary/aromatic N) is 2. The molecule has 2 nitrogen and oxygen atoms in total. The molecule has 0 radical (unpaired) electrons. The summed E-state index contributed by atoms with van der Waals surface area (Å²) in [6.45, 7) is 13.5. The maximum atomic E-state index is 2.41. The van der Waals surface area contributed by atoms with Gasteiger partial charge in [-0.2, -0.15) is 0 Å². The molecule has 0 atom stereocenters. The molecule has 6 rings (SSSR count). The van der Waals surface area contributed by atoms with Crippen LogP contribution in [0.15, 0.2) is 133 Å². The van der Waals surface area contributed by atoms with Crippen LogP contribution in [0.5, 0.6) is 0 Å². The molecule has 0 unspecified atom stereocenters. The normalized spacial score (nSPS) is 11.1. The lowest BCUT2D eigenvalue weighted by molar-refractivity contribution is 0.921. The largest absolute Gasteiger partial charge is 0.310 e. The van der Waals surface area contributed by atoms with Crippen molar-refractivity contribution in [3.63, 3.8) is 0 Å². The summed E-state index contributed by atoms with van der Waals surface area (Å²) >= 11 is 0. The Morgan fingerprint density at radius 1 is 0.327 bits per heavy atom. The number of rotatable bonds is 15. The van der Waals surface area contributed by atoms with Gasteiger partial charge in [-0.25, -0.2) is 0 Å². The summed E-state index contributed by atoms with van der Waals surface area (Å²) in [5.41, 5.74) is 17.6. The molecule has 0 saturated carbocycles. The van der Waals surface area contributed by atoms with Gasteiger partial charge in [-0.05, 0) is 157 Å². The first kappa shape index (κ1) is 36.7. The van der Waals surface area contributed by atoms with E-state index in [2.05, 4.69) is 185 Å². The van der Waals surface area contributed by atoms with Gasteiger partial charge in [0.05, 0.1) is 0 Å². The fourth-order valence-corrected chi connectivity index (χ4v) is 7.43.